The molecular weight excluding hydrogens is 251 g/mol. The molecule has 1 aliphatic carbocycles. The molecule has 0 saturated heterocycles. The maximum absolute atomic E-state index is 13.6. The predicted molar refractivity (Wildman–Crippen MR) is 82.1 cm³/mol. The number of likely N-dealkylation sites (N-methyl/N-ethyl adjacent to an activating group) is 1. The third-order valence-electron chi connectivity index (χ3n) is 4.80. The fourth-order valence-electron chi connectivity index (χ4n) is 3.51. The Bertz CT molecular complexity index is 447. The minimum atomic E-state index is -0.172. The molecule has 2 N–H and O–H groups in total. The van der Waals surface area contributed by atoms with Crippen LogP contribution in [0.3, 0.4) is 0 Å². The van der Waals surface area contributed by atoms with Gasteiger partial charge in [-0.25, -0.2) is 4.39 Å². The molecule has 2 nitrogen and oxygen atoms in total. The van der Waals surface area contributed by atoms with E-state index in [1.54, 1.807) is 6.07 Å². The van der Waals surface area contributed by atoms with Gasteiger partial charge < -0.3 is 5.73 Å². The van der Waals surface area contributed by atoms with E-state index < -0.39 is 0 Å². The number of hydrogen-bond donors (Lipinski definition) is 1. The number of nitrogens with two attached hydrogens (primary N) is 1. The largest absolute Gasteiger partial charge is 0.329 e. The number of benzene rings is 1. The Balaban J connectivity index is 2.20. The molecule has 1 aromatic carbocycles. The van der Waals surface area contributed by atoms with Crippen LogP contribution in [0.15, 0.2) is 18.2 Å². The smallest absolute Gasteiger partial charge is 0.123 e. The minimum Gasteiger partial charge on any atom is -0.329 e. The summed E-state index contributed by atoms with van der Waals surface area (Å²) in [6, 6.07) is 5.70. The van der Waals surface area contributed by atoms with E-state index in [9.17, 15) is 4.39 Å². The van der Waals surface area contributed by atoms with Crippen molar-refractivity contribution in [2.75, 3.05) is 13.6 Å². The lowest BCUT2D eigenvalue weighted by atomic mass is 9.85. The summed E-state index contributed by atoms with van der Waals surface area (Å²) in [4.78, 5) is 2.37. The second-order valence-electron chi connectivity index (χ2n) is 6.34. The number of aryl methyl sites for hydroxylation is 1. The van der Waals surface area contributed by atoms with E-state index in [1.165, 1.54) is 31.7 Å². The van der Waals surface area contributed by atoms with Gasteiger partial charge in [-0.05, 0) is 56.0 Å². The van der Waals surface area contributed by atoms with Gasteiger partial charge in [0, 0.05) is 18.6 Å². The average Bonchev–Trinajstić information content (AvgIpc) is 2.43. The number of hydrogen-bond acceptors (Lipinski definition) is 2. The predicted octanol–water partition coefficient (Wildman–Crippen LogP) is 3.64. The van der Waals surface area contributed by atoms with Gasteiger partial charge >= 0.3 is 0 Å². The highest BCUT2D eigenvalue weighted by Crippen LogP contribution is 2.32. The maximum atomic E-state index is 13.6. The van der Waals surface area contributed by atoms with Crippen LogP contribution in [-0.2, 0) is 0 Å². The van der Waals surface area contributed by atoms with Crippen LogP contribution in [0.2, 0.25) is 0 Å². The van der Waals surface area contributed by atoms with Crippen LogP contribution in [0, 0.1) is 18.7 Å². The van der Waals surface area contributed by atoms with Crippen LogP contribution in [0.4, 0.5) is 4.39 Å². The van der Waals surface area contributed by atoms with E-state index in [1.807, 2.05) is 13.0 Å². The summed E-state index contributed by atoms with van der Waals surface area (Å²) in [7, 11) is 2.14. The zero-order valence-corrected chi connectivity index (χ0v) is 12.9. The summed E-state index contributed by atoms with van der Waals surface area (Å²) in [5.41, 5.74) is 8.16. The van der Waals surface area contributed by atoms with E-state index in [4.69, 9.17) is 5.73 Å². The molecule has 112 valence electrons. The van der Waals surface area contributed by atoms with E-state index in [0.29, 0.717) is 12.6 Å². The normalized spacial score (nSPS) is 24.9. The van der Waals surface area contributed by atoms with Gasteiger partial charge in [0.15, 0.2) is 0 Å². The van der Waals surface area contributed by atoms with Crippen molar-refractivity contribution in [3.05, 3.63) is 35.1 Å². The fourth-order valence-corrected chi connectivity index (χ4v) is 3.51. The second kappa shape index (κ2) is 6.68. The summed E-state index contributed by atoms with van der Waals surface area (Å²) >= 11 is 0. The van der Waals surface area contributed by atoms with Gasteiger partial charge in [0.1, 0.15) is 5.82 Å². The molecule has 3 unspecified atom stereocenters. The first-order valence-corrected chi connectivity index (χ1v) is 7.71. The van der Waals surface area contributed by atoms with Crippen molar-refractivity contribution in [3.8, 4) is 0 Å². The van der Waals surface area contributed by atoms with Gasteiger partial charge in [0.2, 0.25) is 0 Å². The molecule has 3 atom stereocenters. The molecular formula is C17H27FN2. The Morgan fingerprint density at radius 3 is 2.80 bits per heavy atom. The zero-order valence-electron chi connectivity index (χ0n) is 12.9. The molecule has 1 saturated carbocycles. The molecule has 0 spiro atoms. The van der Waals surface area contributed by atoms with Gasteiger partial charge in [-0.1, -0.05) is 25.8 Å². The highest BCUT2D eigenvalue weighted by atomic mass is 19.1. The third-order valence-corrected chi connectivity index (χ3v) is 4.80. The Morgan fingerprint density at radius 2 is 2.15 bits per heavy atom. The Kier molecular flexibility index (Phi) is 5.17. The summed E-state index contributed by atoms with van der Waals surface area (Å²) in [5.74, 6) is 0.609. The lowest BCUT2D eigenvalue weighted by Crippen LogP contribution is -2.41. The van der Waals surface area contributed by atoms with E-state index >= 15 is 0 Å². The molecule has 0 aromatic heterocycles. The summed E-state index contributed by atoms with van der Waals surface area (Å²) < 4.78 is 13.6. The van der Waals surface area contributed by atoms with Gasteiger partial charge in [-0.2, -0.15) is 0 Å². The summed E-state index contributed by atoms with van der Waals surface area (Å²) in [5, 5.41) is 0. The molecule has 2 rings (SSSR count). The summed E-state index contributed by atoms with van der Waals surface area (Å²) in [6.45, 7) is 4.89. The molecule has 0 heterocycles. The number of nitrogens with zero attached hydrogens (tertiary/aromatic N) is 1. The standard InChI is InChI=1S/C17H27FN2/c1-12-5-4-6-15(9-12)20(3)17(11-19)16-10-14(18)8-7-13(16)2/h7-8,10,12,15,17H,4-6,9,11,19H2,1-3H3. The van der Waals surface area contributed by atoms with Crippen LogP contribution >= 0.6 is 0 Å². The number of halogens is 1. The first-order valence-electron chi connectivity index (χ1n) is 7.71. The van der Waals surface area contributed by atoms with Gasteiger partial charge in [0.25, 0.3) is 0 Å². The first kappa shape index (κ1) is 15.5. The second-order valence-corrected chi connectivity index (χ2v) is 6.34. The molecule has 1 fully saturated rings. The molecule has 0 radical (unpaired) electrons. The van der Waals surface area contributed by atoms with Crippen molar-refractivity contribution in [1.29, 1.82) is 0 Å². The molecule has 0 bridgehead atoms. The summed E-state index contributed by atoms with van der Waals surface area (Å²) in [6.07, 6.45) is 5.07. The highest BCUT2D eigenvalue weighted by molar-refractivity contribution is 5.30. The van der Waals surface area contributed by atoms with E-state index in [0.717, 1.165) is 17.0 Å². The Labute approximate surface area is 122 Å². The van der Waals surface area contributed by atoms with Crippen molar-refractivity contribution < 1.29 is 4.39 Å². The van der Waals surface area contributed by atoms with Crippen LogP contribution < -0.4 is 5.73 Å². The molecule has 1 aliphatic rings. The van der Waals surface area contributed by atoms with Gasteiger partial charge in [-0.3, -0.25) is 4.90 Å². The topological polar surface area (TPSA) is 29.3 Å². The fraction of sp³-hybridized carbons (Fsp3) is 0.647. The van der Waals surface area contributed by atoms with Crippen molar-refractivity contribution in [3.63, 3.8) is 0 Å². The lowest BCUT2D eigenvalue weighted by Gasteiger charge is -2.39. The quantitative estimate of drug-likeness (QED) is 0.911. The van der Waals surface area contributed by atoms with E-state index in [2.05, 4.69) is 18.9 Å². The van der Waals surface area contributed by atoms with Crippen LogP contribution in [0.25, 0.3) is 0 Å². The Hall–Kier alpha value is -0.930. The first-order chi connectivity index (χ1) is 9.52. The van der Waals surface area contributed by atoms with E-state index in [-0.39, 0.29) is 11.9 Å². The maximum Gasteiger partial charge on any atom is 0.123 e. The SMILES string of the molecule is Cc1ccc(F)cc1C(CN)N(C)C1CCCC(C)C1. The van der Waals surface area contributed by atoms with Gasteiger partial charge in [-0.15, -0.1) is 0 Å². The monoisotopic (exact) mass is 278 g/mol. The molecule has 20 heavy (non-hydrogen) atoms. The highest BCUT2D eigenvalue weighted by Gasteiger charge is 2.28. The number of rotatable bonds is 4. The average molecular weight is 278 g/mol. The zero-order chi connectivity index (χ0) is 14.7. The van der Waals surface area contributed by atoms with Crippen molar-refractivity contribution in [2.45, 2.75) is 51.6 Å². The lowest BCUT2D eigenvalue weighted by molar-refractivity contribution is 0.120. The van der Waals surface area contributed by atoms with Crippen LogP contribution in [0.1, 0.15) is 49.8 Å². The third kappa shape index (κ3) is 3.39. The van der Waals surface area contributed by atoms with Crippen molar-refractivity contribution in [2.24, 2.45) is 11.7 Å². The Morgan fingerprint density at radius 1 is 1.40 bits per heavy atom. The molecule has 1 aromatic rings. The molecule has 3 heteroatoms. The van der Waals surface area contributed by atoms with Crippen molar-refractivity contribution in [1.82, 2.24) is 4.90 Å². The van der Waals surface area contributed by atoms with Gasteiger partial charge in [0.05, 0.1) is 0 Å². The minimum absolute atomic E-state index is 0.112. The molecule has 0 aliphatic heterocycles. The van der Waals surface area contributed by atoms with Crippen molar-refractivity contribution >= 4 is 0 Å². The van der Waals surface area contributed by atoms with Crippen LogP contribution in [0.5, 0.6) is 0 Å². The van der Waals surface area contributed by atoms with Crippen LogP contribution in [-0.4, -0.2) is 24.5 Å². The molecule has 0 amide bonds.